The SMILES string of the molecule is CCNCC(CC)N1CCCN(C)CC1. The zero-order chi connectivity index (χ0) is 11.1. The van der Waals surface area contributed by atoms with Gasteiger partial charge < -0.3 is 10.2 Å². The van der Waals surface area contributed by atoms with Gasteiger partial charge in [-0.15, -0.1) is 0 Å². The number of likely N-dealkylation sites (N-methyl/N-ethyl adjacent to an activating group) is 2. The second-order valence-corrected chi connectivity index (χ2v) is 4.56. The molecule has 0 aliphatic carbocycles. The smallest absolute Gasteiger partial charge is 0.0218 e. The molecule has 1 heterocycles. The number of hydrogen-bond acceptors (Lipinski definition) is 3. The summed E-state index contributed by atoms with van der Waals surface area (Å²) in [6.07, 6.45) is 2.58. The van der Waals surface area contributed by atoms with Gasteiger partial charge in [0.2, 0.25) is 0 Å². The first-order valence-electron chi connectivity index (χ1n) is 6.41. The quantitative estimate of drug-likeness (QED) is 0.735. The van der Waals surface area contributed by atoms with Crippen molar-refractivity contribution in [1.29, 1.82) is 0 Å². The fourth-order valence-electron chi connectivity index (χ4n) is 2.27. The number of rotatable bonds is 5. The van der Waals surface area contributed by atoms with Crippen molar-refractivity contribution >= 4 is 0 Å². The van der Waals surface area contributed by atoms with Gasteiger partial charge in [0.25, 0.3) is 0 Å². The van der Waals surface area contributed by atoms with Crippen LogP contribution in [-0.4, -0.2) is 62.2 Å². The van der Waals surface area contributed by atoms with Crippen LogP contribution in [0.1, 0.15) is 26.7 Å². The first-order valence-corrected chi connectivity index (χ1v) is 6.41. The molecule has 0 bridgehead atoms. The molecule has 1 rings (SSSR count). The maximum atomic E-state index is 3.47. The molecule has 90 valence electrons. The molecular formula is C12H27N3. The first-order chi connectivity index (χ1) is 7.27. The van der Waals surface area contributed by atoms with E-state index in [9.17, 15) is 0 Å². The number of nitrogens with zero attached hydrogens (tertiary/aromatic N) is 2. The Bertz CT molecular complexity index is 161. The normalized spacial score (nSPS) is 22.6. The average molecular weight is 213 g/mol. The lowest BCUT2D eigenvalue weighted by Gasteiger charge is -2.30. The Labute approximate surface area is 94.8 Å². The average Bonchev–Trinajstić information content (AvgIpc) is 2.45. The molecule has 0 aromatic carbocycles. The Hall–Kier alpha value is -0.120. The summed E-state index contributed by atoms with van der Waals surface area (Å²) in [5.41, 5.74) is 0. The van der Waals surface area contributed by atoms with Crippen LogP contribution in [0, 0.1) is 0 Å². The van der Waals surface area contributed by atoms with E-state index in [-0.39, 0.29) is 0 Å². The summed E-state index contributed by atoms with van der Waals surface area (Å²) in [5, 5.41) is 3.47. The van der Waals surface area contributed by atoms with Crippen LogP contribution in [0.4, 0.5) is 0 Å². The first kappa shape index (κ1) is 12.9. The molecule has 15 heavy (non-hydrogen) atoms. The maximum Gasteiger partial charge on any atom is 0.0218 e. The van der Waals surface area contributed by atoms with Crippen LogP contribution in [-0.2, 0) is 0 Å². The molecule has 3 nitrogen and oxygen atoms in total. The Morgan fingerprint density at radius 3 is 2.60 bits per heavy atom. The molecule has 1 aliphatic heterocycles. The van der Waals surface area contributed by atoms with Crippen LogP contribution >= 0.6 is 0 Å². The molecule has 0 aromatic heterocycles. The van der Waals surface area contributed by atoms with Crippen LogP contribution in [0.2, 0.25) is 0 Å². The molecule has 3 heteroatoms. The van der Waals surface area contributed by atoms with Gasteiger partial charge in [-0.25, -0.2) is 0 Å². The predicted molar refractivity (Wildman–Crippen MR) is 66.3 cm³/mol. The fourth-order valence-corrected chi connectivity index (χ4v) is 2.27. The lowest BCUT2D eigenvalue weighted by molar-refractivity contribution is 0.193. The van der Waals surface area contributed by atoms with Crippen LogP contribution < -0.4 is 5.32 Å². The van der Waals surface area contributed by atoms with E-state index in [0.29, 0.717) is 0 Å². The second-order valence-electron chi connectivity index (χ2n) is 4.56. The molecule has 0 spiro atoms. The number of hydrogen-bond donors (Lipinski definition) is 1. The molecule has 1 fully saturated rings. The lowest BCUT2D eigenvalue weighted by Crippen LogP contribution is -2.43. The molecule has 1 N–H and O–H groups in total. The summed E-state index contributed by atoms with van der Waals surface area (Å²) in [6, 6.07) is 0.733. The van der Waals surface area contributed by atoms with Crippen molar-refractivity contribution in [2.45, 2.75) is 32.7 Å². The Kier molecular flexibility index (Phi) is 6.22. The van der Waals surface area contributed by atoms with Crippen LogP contribution in [0.15, 0.2) is 0 Å². The minimum absolute atomic E-state index is 0.733. The van der Waals surface area contributed by atoms with E-state index in [2.05, 4.69) is 36.0 Å². The summed E-state index contributed by atoms with van der Waals surface area (Å²) < 4.78 is 0. The highest BCUT2D eigenvalue weighted by Gasteiger charge is 2.18. The van der Waals surface area contributed by atoms with Gasteiger partial charge in [0.1, 0.15) is 0 Å². The van der Waals surface area contributed by atoms with E-state index < -0.39 is 0 Å². The predicted octanol–water partition coefficient (Wildman–Crippen LogP) is 1.01. The van der Waals surface area contributed by atoms with E-state index in [0.717, 1.165) is 19.1 Å². The van der Waals surface area contributed by atoms with Gasteiger partial charge in [-0.3, -0.25) is 4.90 Å². The van der Waals surface area contributed by atoms with Crippen molar-refractivity contribution in [1.82, 2.24) is 15.1 Å². The summed E-state index contributed by atoms with van der Waals surface area (Å²) in [7, 11) is 2.23. The largest absolute Gasteiger partial charge is 0.315 e. The van der Waals surface area contributed by atoms with Crippen LogP contribution in [0.25, 0.3) is 0 Å². The van der Waals surface area contributed by atoms with E-state index in [1.54, 1.807) is 0 Å². The lowest BCUT2D eigenvalue weighted by atomic mass is 10.2. The maximum absolute atomic E-state index is 3.47. The third-order valence-corrected chi connectivity index (χ3v) is 3.37. The Morgan fingerprint density at radius 1 is 1.13 bits per heavy atom. The highest BCUT2D eigenvalue weighted by molar-refractivity contribution is 4.76. The fraction of sp³-hybridized carbons (Fsp3) is 1.00. The summed E-state index contributed by atoms with van der Waals surface area (Å²) >= 11 is 0. The van der Waals surface area contributed by atoms with Gasteiger partial charge in [-0.05, 0) is 39.5 Å². The van der Waals surface area contributed by atoms with Gasteiger partial charge in [-0.1, -0.05) is 13.8 Å². The Morgan fingerprint density at radius 2 is 1.93 bits per heavy atom. The molecule has 0 amide bonds. The third kappa shape index (κ3) is 4.49. The van der Waals surface area contributed by atoms with Crippen molar-refractivity contribution in [2.24, 2.45) is 0 Å². The number of nitrogens with one attached hydrogen (secondary N) is 1. The highest BCUT2D eigenvalue weighted by Crippen LogP contribution is 2.08. The van der Waals surface area contributed by atoms with Gasteiger partial charge in [0.05, 0.1) is 0 Å². The zero-order valence-electron chi connectivity index (χ0n) is 10.6. The van der Waals surface area contributed by atoms with Gasteiger partial charge in [0.15, 0.2) is 0 Å². The summed E-state index contributed by atoms with van der Waals surface area (Å²) in [4.78, 5) is 5.10. The molecular weight excluding hydrogens is 186 g/mol. The molecule has 1 saturated heterocycles. The van der Waals surface area contributed by atoms with Gasteiger partial charge in [-0.2, -0.15) is 0 Å². The van der Waals surface area contributed by atoms with Crippen molar-refractivity contribution in [3.8, 4) is 0 Å². The van der Waals surface area contributed by atoms with Crippen molar-refractivity contribution in [2.75, 3.05) is 46.3 Å². The monoisotopic (exact) mass is 213 g/mol. The highest BCUT2D eigenvalue weighted by atomic mass is 15.2. The topological polar surface area (TPSA) is 18.5 Å². The second kappa shape index (κ2) is 7.20. The molecule has 0 saturated carbocycles. The molecule has 1 atom stereocenters. The molecule has 1 aliphatic rings. The third-order valence-electron chi connectivity index (χ3n) is 3.37. The summed E-state index contributed by atoms with van der Waals surface area (Å²) in [5.74, 6) is 0. The van der Waals surface area contributed by atoms with Crippen LogP contribution in [0.5, 0.6) is 0 Å². The van der Waals surface area contributed by atoms with E-state index in [1.165, 1.54) is 39.0 Å². The van der Waals surface area contributed by atoms with Crippen molar-refractivity contribution in [3.63, 3.8) is 0 Å². The van der Waals surface area contributed by atoms with Gasteiger partial charge >= 0.3 is 0 Å². The van der Waals surface area contributed by atoms with Crippen LogP contribution in [0.3, 0.4) is 0 Å². The molecule has 1 unspecified atom stereocenters. The molecule has 0 aromatic rings. The molecule has 0 radical (unpaired) electrons. The minimum atomic E-state index is 0.733. The van der Waals surface area contributed by atoms with Crippen molar-refractivity contribution in [3.05, 3.63) is 0 Å². The zero-order valence-corrected chi connectivity index (χ0v) is 10.6. The van der Waals surface area contributed by atoms with Gasteiger partial charge in [0, 0.05) is 25.7 Å². The van der Waals surface area contributed by atoms with E-state index in [1.807, 2.05) is 0 Å². The Balaban J connectivity index is 2.37. The van der Waals surface area contributed by atoms with Crippen molar-refractivity contribution < 1.29 is 0 Å². The van der Waals surface area contributed by atoms with E-state index in [4.69, 9.17) is 0 Å². The van der Waals surface area contributed by atoms with E-state index >= 15 is 0 Å². The minimum Gasteiger partial charge on any atom is -0.315 e. The standard InChI is InChI=1S/C12H27N3/c1-4-12(11-13-5-2)15-8-6-7-14(3)9-10-15/h12-13H,4-11H2,1-3H3. The summed E-state index contributed by atoms with van der Waals surface area (Å²) in [6.45, 7) is 11.7.